The Morgan fingerprint density at radius 2 is 0.786 bits per heavy atom. The lowest BCUT2D eigenvalue weighted by molar-refractivity contribution is 0.452. The zero-order chi connectivity index (χ0) is 30.4. The average Bonchev–Trinajstić information content (AvgIpc) is 2.99. The Bertz CT molecular complexity index is 704. The van der Waals surface area contributed by atoms with Crippen LogP contribution in [0.4, 0.5) is 0 Å². The highest BCUT2D eigenvalue weighted by Gasteiger charge is 2.11. The summed E-state index contributed by atoms with van der Waals surface area (Å²) in [6, 6.07) is 4.61. The summed E-state index contributed by atoms with van der Waals surface area (Å²) in [6.45, 7) is 6.88. The smallest absolute Gasteiger partial charge is 0.132 e. The Morgan fingerprint density at radius 3 is 1.21 bits per heavy atom. The van der Waals surface area contributed by atoms with Gasteiger partial charge in [0.2, 0.25) is 0 Å². The Hall–Kier alpha value is -0.280. The highest BCUT2D eigenvalue weighted by molar-refractivity contribution is 8.00. The topological polar surface area (TPSA) is 20.2 Å². The summed E-state index contributed by atoms with van der Waals surface area (Å²) in [7, 11) is 0. The van der Waals surface area contributed by atoms with Crippen LogP contribution in [0.5, 0.6) is 5.75 Å². The molecule has 0 atom stereocenters. The van der Waals surface area contributed by atoms with Crippen LogP contribution in [0.1, 0.15) is 200 Å². The number of aromatic hydroxyl groups is 1. The van der Waals surface area contributed by atoms with Crippen molar-refractivity contribution in [2.24, 2.45) is 0 Å². The SMILES string of the molecule is CCCCCCCCCCCCSc1cc(CCCCCCCCC)c(O)c(SCCCCCCCCCCCC)c1. The summed E-state index contributed by atoms with van der Waals surface area (Å²) in [5.41, 5.74) is 1.20. The van der Waals surface area contributed by atoms with Gasteiger partial charge in [-0.3, -0.25) is 0 Å². The van der Waals surface area contributed by atoms with E-state index in [1.165, 1.54) is 190 Å². The van der Waals surface area contributed by atoms with Crippen LogP contribution in [0.25, 0.3) is 0 Å². The summed E-state index contributed by atoms with van der Waals surface area (Å²) in [5, 5.41) is 11.2. The first kappa shape index (κ1) is 39.7. The second-order valence-corrected chi connectivity index (χ2v) is 15.2. The van der Waals surface area contributed by atoms with Crippen molar-refractivity contribution in [3.8, 4) is 5.75 Å². The van der Waals surface area contributed by atoms with Crippen LogP contribution in [-0.2, 0) is 6.42 Å². The van der Waals surface area contributed by atoms with Crippen molar-refractivity contribution in [2.45, 2.75) is 210 Å². The number of aryl methyl sites for hydroxylation is 1. The van der Waals surface area contributed by atoms with Crippen LogP contribution in [0.15, 0.2) is 21.9 Å². The summed E-state index contributed by atoms with van der Waals surface area (Å²) in [4.78, 5) is 2.52. The highest BCUT2D eigenvalue weighted by Crippen LogP contribution is 2.38. The van der Waals surface area contributed by atoms with Gasteiger partial charge in [0.25, 0.3) is 0 Å². The Kier molecular flexibility index (Phi) is 29.1. The van der Waals surface area contributed by atoms with E-state index in [2.05, 4.69) is 32.9 Å². The molecule has 246 valence electrons. The molecule has 0 saturated carbocycles. The van der Waals surface area contributed by atoms with Gasteiger partial charge in [0.05, 0.1) is 4.90 Å². The first-order valence-electron chi connectivity index (χ1n) is 18.8. The normalized spacial score (nSPS) is 11.5. The average molecular weight is 621 g/mol. The van der Waals surface area contributed by atoms with Crippen LogP contribution < -0.4 is 0 Å². The molecule has 42 heavy (non-hydrogen) atoms. The zero-order valence-electron chi connectivity index (χ0n) is 28.6. The number of hydrogen-bond acceptors (Lipinski definition) is 3. The van der Waals surface area contributed by atoms with Crippen molar-refractivity contribution >= 4 is 23.5 Å². The lowest BCUT2D eigenvalue weighted by Gasteiger charge is -2.13. The summed E-state index contributed by atoms with van der Waals surface area (Å²) in [5.74, 6) is 2.93. The molecule has 0 amide bonds. The van der Waals surface area contributed by atoms with Gasteiger partial charge in [-0.15, -0.1) is 23.5 Å². The number of phenols is 1. The molecular formula is C39H72OS2. The summed E-state index contributed by atoms with van der Waals surface area (Å²) in [6.07, 6.45) is 38.1. The molecule has 0 radical (unpaired) electrons. The minimum absolute atomic E-state index is 0.585. The second-order valence-electron chi connectivity index (χ2n) is 12.9. The van der Waals surface area contributed by atoms with Crippen LogP contribution in [0, 0.1) is 0 Å². The first-order valence-corrected chi connectivity index (χ1v) is 20.8. The monoisotopic (exact) mass is 621 g/mol. The highest BCUT2D eigenvalue weighted by atomic mass is 32.2. The number of benzene rings is 1. The molecule has 0 aliphatic rings. The van der Waals surface area contributed by atoms with Crippen LogP contribution in [0.2, 0.25) is 0 Å². The van der Waals surface area contributed by atoms with E-state index in [1.54, 1.807) is 0 Å². The zero-order valence-corrected chi connectivity index (χ0v) is 30.3. The van der Waals surface area contributed by atoms with Crippen molar-refractivity contribution in [3.63, 3.8) is 0 Å². The van der Waals surface area contributed by atoms with Crippen LogP contribution in [-0.4, -0.2) is 16.6 Å². The molecule has 0 aliphatic carbocycles. The van der Waals surface area contributed by atoms with E-state index in [4.69, 9.17) is 0 Å². The van der Waals surface area contributed by atoms with Gasteiger partial charge in [-0.25, -0.2) is 0 Å². The Labute approximate surface area is 273 Å². The maximum absolute atomic E-state index is 11.2. The Morgan fingerprint density at radius 1 is 0.429 bits per heavy atom. The Balaban J connectivity index is 2.42. The molecule has 1 aromatic carbocycles. The van der Waals surface area contributed by atoms with Gasteiger partial charge in [-0.1, -0.05) is 175 Å². The quantitative estimate of drug-likeness (QED) is 0.0639. The molecule has 0 aromatic heterocycles. The van der Waals surface area contributed by atoms with E-state index in [9.17, 15) is 5.11 Å². The van der Waals surface area contributed by atoms with Crippen molar-refractivity contribution in [1.82, 2.24) is 0 Å². The predicted molar refractivity (Wildman–Crippen MR) is 195 cm³/mol. The summed E-state index contributed by atoms with van der Waals surface area (Å²) >= 11 is 3.92. The molecule has 0 fully saturated rings. The van der Waals surface area contributed by atoms with Gasteiger partial charge in [-0.05, 0) is 54.9 Å². The largest absolute Gasteiger partial charge is 0.506 e. The van der Waals surface area contributed by atoms with Crippen molar-refractivity contribution < 1.29 is 5.11 Å². The second kappa shape index (κ2) is 30.7. The van der Waals surface area contributed by atoms with Gasteiger partial charge < -0.3 is 5.11 Å². The molecule has 0 spiro atoms. The maximum atomic E-state index is 11.2. The van der Waals surface area contributed by atoms with E-state index in [0.29, 0.717) is 5.75 Å². The fraction of sp³-hybridized carbons (Fsp3) is 0.846. The molecule has 1 rings (SSSR count). The van der Waals surface area contributed by atoms with E-state index in [1.807, 2.05) is 23.5 Å². The van der Waals surface area contributed by atoms with Gasteiger partial charge in [-0.2, -0.15) is 0 Å². The van der Waals surface area contributed by atoms with Gasteiger partial charge in [0.15, 0.2) is 0 Å². The van der Waals surface area contributed by atoms with Gasteiger partial charge in [0.1, 0.15) is 5.75 Å². The lowest BCUT2D eigenvalue weighted by atomic mass is 10.0. The van der Waals surface area contributed by atoms with E-state index in [-0.39, 0.29) is 0 Å². The third-order valence-electron chi connectivity index (χ3n) is 8.70. The molecule has 0 bridgehead atoms. The molecule has 0 aliphatic heterocycles. The van der Waals surface area contributed by atoms with E-state index >= 15 is 0 Å². The minimum Gasteiger partial charge on any atom is -0.506 e. The number of thioether (sulfide) groups is 2. The van der Waals surface area contributed by atoms with Crippen LogP contribution >= 0.6 is 23.5 Å². The third-order valence-corrected chi connectivity index (χ3v) is 10.9. The standard InChI is InChI=1S/C39H72OS2/c1-4-7-10-13-16-18-20-23-26-29-32-41-37-34-36(31-28-25-22-15-12-9-6-3)39(40)38(35-37)42-33-30-27-24-21-19-17-14-11-8-5-2/h34-35,40H,4-33H2,1-3H3. The number of phenolic OH excluding ortho intramolecular Hbond substituents is 1. The minimum atomic E-state index is 0.585. The first-order chi connectivity index (χ1) is 20.7. The number of unbranched alkanes of at least 4 members (excludes halogenated alkanes) is 24. The molecule has 3 heteroatoms. The molecule has 1 nitrogen and oxygen atoms in total. The fourth-order valence-corrected chi connectivity index (χ4v) is 7.98. The number of rotatable bonds is 32. The molecule has 0 unspecified atom stereocenters. The molecule has 0 saturated heterocycles. The number of hydrogen-bond donors (Lipinski definition) is 1. The van der Waals surface area contributed by atoms with Gasteiger partial charge in [0, 0.05) is 4.90 Å². The van der Waals surface area contributed by atoms with Gasteiger partial charge >= 0.3 is 0 Å². The molecule has 0 heterocycles. The predicted octanol–water partition coefficient (Wildman–Crippen LogP) is 14.7. The van der Waals surface area contributed by atoms with E-state index in [0.717, 1.165) is 17.1 Å². The summed E-state index contributed by atoms with van der Waals surface area (Å²) < 4.78 is 0. The van der Waals surface area contributed by atoms with E-state index < -0.39 is 0 Å². The molecular weight excluding hydrogens is 549 g/mol. The third kappa shape index (κ3) is 23.1. The maximum Gasteiger partial charge on any atom is 0.132 e. The van der Waals surface area contributed by atoms with Crippen molar-refractivity contribution in [3.05, 3.63) is 17.7 Å². The molecule has 1 aromatic rings. The fourth-order valence-electron chi connectivity index (χ4n) is 5.85. The molecule has 1 N–H and O–H groups in total. The lowest BCUT2D eigenvalue weighted by Crippen LogP contribution is -1.92. The van der Waals surface area contributed by atoms with Crippen molar-refractivity contribution in [1.29, 1.82) is 0 Å². The van der Waals surface area contributed by atoms with Crippen molar-refractivity contribution in [2.75, 3.05) is 11.5 Å². The van der Waals surface area contributed by atoms with Crippen LogP contribution in [0.3, 0.4) is 0 Å².